The zero-order valence-electron chi connectivity index (χ0n) is 9.52. The molecule has 0 radical (unpaired) electrons. The Balaban J connectivity index is 1.80. The summed E-state index contributed by atoms with van der Waals surface area (Å²) < 4.78 is 0.989. The fourth-order valence-corrected chi connectivity index (χ4v) is 2.05. The van der Waals surface area contributed by atoms with Crippen LogP contribution >= 0.6 is 15.9 Å². The zero-order chi connectivity index (χ0) is 12.4. The Bertz CT molecular complexity index is 660. The molecule has 2 aromatic heterocycles. The number of fused-ring (bicyclic) bond motifs is 1. The van der Waals surface area contributed by atoms with Gasteiger partial charge in [-0.3, -0.25) is 10.1 Å². The van der Waals surface area contributed by atoms with Gasteiger partial charge in [0.2, 0.25) is 0 Å². The number of halogens is 1. The van der Waals surface area contributed by atoms with Crippen LogP contribution < -0.4 is 5.32 Å². The third-order valence-electron chi connectivity index (χ3n) is 2.73. The van der Waals surface area contributed by atoms with Gasteiger partial charge in [0.1, 0.15) is 0 Å². The van der Waals surface area contributed by atoms with Gasteiger partial charge in [-0.25, -0.2) is 0 Å². The number of hydrogen-bond acceptors (Lipinski definition) is 3. The lowest BCUT2D eigenvalue weighted by Crippen LogP contribution is -2.01. The Kier molecular flexibility index (Phi) is 2.98. The first-order chi connectivity index (χ1) is 8.83. The normalized spacial score (nSPS) is 10.7. The molecule has 18 heavy (non-hydrogen) atoms. The van der Waals surface area contributed by atoms with Gasteiger partial charge in [0.15, 0.2) is 0 Å². The van der Waals surface area contributed by atoms with Gasteiger partial charge in [-0.1, -0.05) is 6.07 Å². The van der Waals surface area contributed by atoms with E-state index < -0.39 is 0 Å². The molecule has 0 atom stereocenters. The maximum atomic E-state index is 4.33. The van der Waals surface area contributed by atoms with Gasteiger partial charge >= 0.3 is 0 Å². The minimum absolute atomic E-state index is 0.692. The van der Waals surface area contributed by atoms with Crippen molar-refractivity contribution in [3.8, 4) is 0 Å². The van der Waals surface area contributed by atoms with Crippen molar-refractivity contribution in [1.82, 2.24) is 15.2 Å². The first kappa shape index (κ1) is 11.2. The molecule has 0 bridgehead atoms. The third-order valence-corrected chi connectivity index (χ3v) is 3.20. The fraction of sp³-hybridized carbons (Fsp3) is 0.0769. The number of hydrogen-bond donors (Lipinski definition) is 2. The van der Waals surface area contributed by atoms with E-state index >= 15 is 0 Å². The molecule has 0 unspecified atom stereocenters. The number of anilines is 1. The summed E-state index contributed by atoms with van der Waals surface area (Å²) in [4.78, 5) is 4.33. The van der Waals surface area contributed by atoms with E-state index in [4.69, 9.17) is 0 Å². The highest BCUT2D eigenvalue weighted by Crippen LogP contribution is 2.21. The van der Waals surface area contributed by atoms with Crippen molar-refractivity contribution in [3.63, 3.8) is 0 Å². The molecule has 0 saturated heterocycles. The maximum absolute atomic E-state index is 4.33. The summed E-state index contributed by atoms with van der Waals surface area (Å²) in [6, 6.07) is 10.0. The van der Waals surface area contributed by atoms with Gasteiger partial charge in [0, 0.05) is 21.7 Å². The van der Waals surface area contributed by atoms with Gasteiger partial charge in [-0.05, 0) is 40.2 Å². The predicted octanol–water partition coefficient (Wildman–Crippen LogP) is 3.33. The summed E-state index contributed by atoms with van der Waals surface area (Å²) in [6.45, 7) is 0.692. The molecular formula is C13H11BrN4. The Morgan fingerprint density at radius 1 is 1.17 bits per heavy atom. The van der Waals surface area contributed by atoms with Crippen molar-refractivity contribution in [2.75, 3.05) is 5.32 Å². The molecular weight excluding hydrogens is 292 g/mol. The SMILES string of the molecule is Brc1ccc(CNc2cccc3[nH]ncc23)nc1. The van der Waals surface area contributed by atoms with Gasteiger partial charge in [0.25, 0.3) is 0 Å². The highest BCUT2D eigenvalue weighted by molar-refractivity contribution is 9.10. The standard InChI is InChI=1S/C13H11BrN4/c14-9-4-5-10(15-6-9)7-16-12-2-1-3-13-11(12)8-17-18-13/h1-6,8,16H,7H2,(H,17,18). The third kappa shape index (κ3) is 2.22. The van der Waals surface area contributed by atoms with Crippen molar-refractivity contribution in [1.29, 1.82) is 0 Å². The van der Waals surface area contributed by atoms with E-state index in [2.05, 4.69) is 36.4 Å². The minimum Gasteiger partial charge on any atom is -0.379 e. The summed E-state index contributed by atoms with van der Waals surface area (Å²) in [6.07, 6.45) is 3.63. The average Bonchev–Trinajstić information content (AvgIpc) is 2.87. The van der Waals surface area contributed by atoms with E-state index in [1.807, 2.05) is 36.5 Å². The maximum Gasteiger partial charge on any atom is 0.0671 e. The Morgan fingerprint density at radius 3 is 2.94 bits per heavy atom. The molecule has 0 aliphatic heterocycles. The summed E-state index contributed by atoms with van der Waals surface area (Å²) in [5, 5.41) is 11.5. The molecule has 0 spiro atoms. The van der Waals surface area contributed by atoms with Crippen molar-refractivity contribution in [2.24, 2.45) is 0 Å². The van der Waals surface area contributed by atoms with Crippen molar-refractivity contribution >= 4 is 32.5 Å². The van der Waals surface area contributed by atoms with Crippen LogP contribution in [0.1, 0.15) is 5.69 Å². The van der Waals surface area contributed by atoms with E-state index in [0.29, 0.717) is 6.54 Å². The average molecular weight is 303 g/mol. The zero-order valence-corrected chi connectivity index (χ0v) is 11.1. The van der Waals surface area contributed by atoms with Crippen LogP contribution in [0.25, 0.3) is 10.9 Å². The summed E-state index contributed by atoms with van der Waals surface area (Å²) >= 11 is 3.37. The molecule has 4 nitrogen and oxygen atoms in total. The van der Waals surface area contributed by atoms with Crippen molar-refractivity contribution in [3.05, 3.63) is 52.9 Å². The highest BCUT2D eigenvalue weighted by atomic mass is 79.9. The summed E-state index contributed by atoms with van der Waals surface area (Å²) in [5.74, 6) is 0. The van der Waals surface area contributed by atoms with E-state index in [1.54, 1.807) is 6.20 Å². The van der Waals surface area contributed by atoms with Crippen LogP contribution in [0.4, 0.5) is 5.69 Å². The number of H-pyrrole nitrogens is 1. The number of pyridine rings is 1. The van der Waals surface area contributed by atoms with Crippen LogP contribution in [0.2, 0.25) is 0 Å². The van der Waals surface area contributed by atoms with Gasteiger partial charge in [-0.15, -0.1) is 0 Å². The van der Waals surface area contributed by atoms with Crippen LogP contribution in [-0.2, 0) is 6.54 Å². The smallest absolute Gasteiger partial charge is 0.0671 e. The summed E-state index contributed by atoms with van der Waals surface area (Å²) in [5.41, 5.74) is 3.09. The van der Waals surface area contributed by atoms with Gasteiger partial charge in [0.05, 0.1) is 24.0 Å². The van der Waals surface area contributed by atoms with E-state index in [-0.39, 0.29) is 0 Å². The van der Waals surface area contributed by atoms with Crippen molar-refractivity contribution in [2.45, 2.75) is 6.54 Å². The molecule has 2 heterocycles. The molecule has 1 aromatic carbocycles. The van der Waals surface area contributed by atoms with Crippen molar-refractivity contribution < 1.29 is 0 Å². The van der Waals surface area contributed by atoms with Gasteiger partial charge in [-0.2, -0.15) is 5.10 Å². The molecule has 5 heteroatoms. The van der Waals surface area contributed by atoms with Crippen LogP contribution in [0, 0.1) is 0 Å². The lowest BCUT2D eigenvalue weighted by Gasteiger charge is -2.06. The summed E-state index contributed by atoms with van der Waals surface area (Å²) in [7, 11) is 0. The highest BCUT2D eigenvalue weighted by Gasteiger charge is 2.02. The fourth-order valence-electron chi connectivity index (χ4n) is 1.82. The first-order valence-corrected chi connectivity index (χ1v) is 6.38. The molecule has 0 saturated carbocycles. The minimum atomic E-state index is 0.692. The molecule has 2 N–H and O–H groups in total. The second kappa shape index (κ2) is 4.78. The Hall–Kier alpha value is -1.88. The topological polar surface area (TPSA) is 53.6 Å². The molecule has 3 aromatic rings. The predicted molar refractivity (Wildman–Crippen MR) is 75.4 cm³/mol. The number of nitrogens with zero attached hydrogens (tertiary/aromatic N) is 2. The Morgan fingerprint density at radius 2 is 2.11 bits per heavy atom. The lowest BCUT2D eigenvalue weighted by atomic mass is 10.2. The second-order valence-corrected chi connectivity index (χ2v) is 4.87. The second-order valence-electron chi connectivity index (χ2n) is 3.96. The molecule has 0 amide bonds. The van der Waals surface area contributed by atoms with E-state index in [9.17, 15) is 0 Å². The number of benzene rings is 1. The first-order valence-electron chi connectivity index (χ1n) is 5.59. The quantitative estimate of drug-likeness (QED) is 0.780. The number of aromatic amines is 1. The number of nitrogens with one attached hydrogen (secondary N) is 2. The number of aromatic nitrogens is 3. The lowest BCUT2D eigenvalue weighted by molar-refractivity contribution is 1.04. The van der Waals surface area contributed by atoms with Crippen LogP contribution in [-0.4, -0.2) is 15.2 Å². The molecule has 0 aliphatic carbocycles. The van der Waals surface area contributed by atoms with Crippen LogP contribution in [0.3, 0.4) is 0 Å². The number of rotatable bonds is 3. The van der Waals surface area contributed by atoms with E-state index in [1.165, 1.54) is 0 Å². The largest absolute Gasteiger partial charge is 0.379 e. The van der Waals surface area contributed by atoms with Crippen LogP contribution in [0.15, 0.2) is 47.2 Å². The molecule has 0 aliphatic rings. The Labute approximate surface area is 113 Å². The van der Waals surface area contributed by atoms with Crippen LogP contribution in [0.5, 0.6) is 0 Å². The van der Waals surface area contributed by atoms with E-state index in [0.717, 1.165) is 26.8 Å². The monoisotopic (exact) mass is 302 g/mol. The molecule has 0 fully saturated rings. The molecule has 3 rings (SSSR count). The van der Waals surface area contributed by atoms with Gasteiger partial charge < -0.3 is 5.32 Å². The molecule has 90 valence electrons.